The quantitative estimate of drug-likeness (QED) is 0.160. The first kappa shape index (κ1) is 34.2. The monoisotopic (exact) mass is 709 g/mol. The minimum Gasteiger partial charge on any atom is -0.352 e. The van der Waals surface area contributed by atoms with Gasteiger partial charge in [0, 0.05) is 28.5 Å². The number of amides is 2. The SMILES string of the molecule is CC[C@H](C)NC(=O)[C@H](Cc1ccccc1)N(Cc1ccc(Br)cc1)C(=O)CN(c1cccc(C)c1)S(=O)(=O)c1ccc(Cl)cc1. The first-order valence-electron chi connectivity index (χ1n) is 14.7. The van der Waals surface area contributed by atoms with Crippen LogP contribution in [0, 0.1) is 6.92 Å². The zero-order chi connectivity index (χ0) is 32.6. The highest BCUT2D eigenvalue weighted by molar-refractivity contribution is 9.10. The summed E-state index contributed by atoms with van der Waals surface area (Å²) in [5.74, 6) is -0.821. The van der Waals surface area contributed by atoms with Gasteiger partial charge in [-0.25, -0.2) is 8.42 Å². The van der Waals surface area contributed by atoms with E-state index >= 15 is 0 Å². The van der Waals surface area contributed by atoms with E-state index in [1.54, 1.807) is 18.2 Å². The van der Waals surface area contributed by atoms with Gasteiger partial charge in [-0.05, 0) is 85.5 Å². The van der Waals surface area contributed by atoms with Crippen LogP contribution in [0.2, 0.25) is 5.02 Å². The molecule has 4 rings (SSSR count). The van der Waals surface area contributed by atoms with Crippen molar-refractivity contribution in [1.29, 1.82) is 0 Å². The molecule has 2 amide bonds. The summed E-state index contributed by atoms with van der Waals surface area (Å²) < 4.78 is 30.2. The largest absolute Gasteiger partial charge is 0.352 e. The van der Waals surface area contributed by atoms with Crippen molar-refractivity contribution in [3.63, 3.8) is 0 Å². The molecular formula is C35H37BrClN3O4S. The van der Waals surface area contributed by atoms with Crippen molar-refractivity contribution < 1.29 is 18.0 Å². The third-order valence-electron chi connectivity index (χ3n) is 7.51. The molecule has 236 valence electrons. The number of halogens is 2. The number of nitrogens with zero attached hydrogens (tertiary/aromatic N) is 2. The molecule has 0 aliphatic rings. The molecule has 0 aliphatic heterocycles. The average Bonchev–Trinajstić information content (AvgIpc) is 3.02. The van der Waals surface area contributed by atoms with Crippen molar-refractivity contribution >= 4 is 55.1 Å². The molecule has 0 aromatic heterocycles. The average molecular weight is 711 g/mol. The predicted molar refractivity (Wildman–Crippen MR) is 184 cm³/mol. The van der Waals surface area contributed by atoms with Crippen LogP contribution in [-0.2, 0) is 32.6 Å². The normalized spacial score (nSPS) is 12.6. The summed E-state index contributed by atoms with van der Waals surface area (Å²) in [6.45, 7) is 5.32. The highest BCUT2D eigenvalue weighted by Crippen LogP contribution is 2.27. The molecule has 0 radical (unpaired) electrons. The Morgan fingerprint density at radius 3 is 2.18 bits per heavy atom. The van der Waals surface area contributed by atoms with Crippen LogP contribution in [-0.4, -0.2) is 43.8 Å². The van der Waals surface area contributed by atoms with E-state index in [1.807, 2.05) is 81.4 Å². The standard InChI is InChI=1S/C35H37BrClN3O4S/c1-4-26(3)38-35(42)33(22-27-10-6-5-7-11-27)39(23-28-13-15-29(36)16-14-28)34(41)24-40(31-12-8-9-25(2)21-31)45(43,44)32-19-17-30(37)18-20-32/h5-21,26,33H,4,22-24H2,1-3H3,(H,38,42)/t26-,33-/m0/s1. The van der Waals surface area contributed by atoms with Crippen LogP contribution in [0.25, 0.3) is 0 Å². The summed E-state index contributed by atoms with van der Waals surface area (Å²) in [5, 5.41) is 3.44. The molecular weight excluding hydrogens is 674 g/mol. The number of carbonyl (C=O) groups excluding carboxylic acids is 2. The fourth-order valence-electron chi connectivity index (χ4n) is 4.83. The van der Waals surface area contributed by atoms with E-state index in [1.165, 1.54) is 29.2 Å². The van der Waals surface area contributed by atoms with Crippen molar-refractivity contribution in [1.82, 2.24) is 10.2 Å². The molecule has 1 N–H and O–H groups in total. The Balaban J connectivity index is 1.80. The van der Waals surface area contributed by atoms with Gasteiger partial charge in [0.2, 0.25) is 11.8 Å². The van der Waals surface area contributed by atoms with Crippen molar-refractivity contribution in [3.05, 3.63) is 129 Å². The van der Waals surface area contributed by atoms with E-state index in [0.717, 1.165) is 25.5 Å². The third-order valence-corrected chi connectivity index (χ3v) is 10.1. The minimum absolute atomic E-state index is 0.00369. The number of carbonyl (C=O) groups is 2. The zero-order valence-electron chi connectivity index (χ0n) is 25.5. The maximum atomic E-state index is 14.5. The lowest BCUT2D eigenvalue weighted by Crippen LogP contribution is -2.54. The van der Waals surface area contributed by atoms with Crippen LogP contribution in [0.1, 0.15) is 37.0 Å². The van der Waals surface area contributed by atoms with Gasteiger partial charge in [0.25, 0.3) is 10.0 Å². The molecule has 2 atom stereocenters. The summed E-state index contributed by atoms with van der Waals surface area (Å²) in [6.07, 6.45) is 0.963. The van der Waals surface area contributed by atoms with Crippen LogP contribution in [0.4, 0.5) is 5.69 Å². The molecule has 10 heteroatoms. The molecule has 0 unspecified atom stereocenters. The number of sulfonamides is 1. The van der Waals surface area contributed by atoms with Gasteiger partial charge in [0.05, 0.1) is 10.6 Å². The Morgan fingerprint density at radius 1 is 0.889 bits per heavy atom. The number of hydrogen-bond donors (Lipinski definition) is 1. The smallest absolute Gasteiger partial charge is 0.264 e. The summed E-state index contributed by atoms with van der Waals surface area (Å²) in [4.78, 5) is 29.9. The number of rotatable bonds is 13. The molecule has 0 spiro atoms. The number of anilines is 1. The van der Waals surface area contributed by atoms with Crippen molar-refractivity contribution in [3.8, 4) is 0 Å². The Morgan fingerprint density at radius 2 is 1.56 bits per heavy atom. The fraction of sp³-hybridized carbons (Fsp3) is 0.257. The number of hydrogen-bond acceptors (Lipinski definition) is 4. The van der Waals surface area contributed by atoms with Crippen LogP contribution >= 0.6 is 27.5 Å². The lowest BCUT2D eigenvalue weighted by molar-refractivity contribution is -0.140. The lowest BCUT2D eigenvalue weighted by atomic mass is 10.0. The first-order valence-corrected chi connectivity index (χ1v) is 17.3. The molecule has 7 nitrogen and oxygen atoms in total. The fourth-order valence-corrected chi connectivity index (χ4v) is 6.62. The molecule has 0 fully saturated rings. The van der Waals surface area contributed by atoms with Gasteiger partial charge >= 0.3 is 0 Å². The van der Waals surface area contributed by atoms with Crippen LogP contribution < -0.4 is 9.62 Å². The van der Waals surface area contributed by atoms with E-state index in [2.05, 4.69) is 21.2 Å². The Bertz CT molecular complexity index is 1700. The maximum absolute atomic E-state index is 14.5. The predicted octanol–water partition coefficient (Wildman–Crippen LogP) is 7.16. The van der Waals surface area contributed by atoms with Gasteiger partial charge in [-0.15, -0.1) is 0 Å². The van der Waals surface area contributed by atoms with Gasteiger partial charge in [0.1, 0.15) is 12.6 Å². The van der Waals surface area contributed by atoms with E-state index in [-0.39, 0.29) is 29.8 Å². The molecule has 0 saturated carbocycles. The van der Waals surface area contributed by atoms with Gasteiger partial charge in [0.15, 0.2) is 0 Å². The van der Waals surface area contributed by atoms with Gasteiger partial charge in [-0.1, -0.05) is 89.1 Å². The third kappa shape index (κ3) is 9.19. The van der Waals surface area contributed by atoms with E-state index in [9.17, 15) is 18.0 Å². The van der Waals surface area contributed by atoms with Crippen molar-refractivity contribution in [2.45, 2.75) is 57.1 Å². The Kier molecular flexibility index (Phi) is 11.8. The minimum atomic E-state index is -4.20. The van der Waals surface area contributed by atoms with Crippen LogP contribution in [0.3, 0.4) is 0 Å². The summed E-state index contributed by atoms with van der Waals surface area (Å²) in [6, 6.07) is 28.8. The molecule has 0 heterocycles. The topological polar surface area (TPSA) is 86.8 Å². The highest BCUT2D eigenvalue weighted by atomic mass is 79.9. The molecule has 0 saturated heterocycles. The van der Waals surface area contributed by atoms with Gasteiger partial charge in [-0.3, -0.25) is 13.9 Å². The maximum Gasteiger partial charge on any atom is 0.264 e. The van der Waals surface area contributed by atoms with Crippen molar-refractivity contribution in [2.24, 2.45) is 0 Å². The molecule has 4 aromatic rings. The second-order valence-electron chi connectivity index (χ2n) is 11.0. The molecule has 45 heavy (non-hydrogen) atoms. The van der Waals surface area contributed by atoms with Crippen LogP contribution in [0.15, 0.2) is 112 Å². The second-order valence-corrected chi connectivity index (χ2v) is 14.2. The molecule has 0 bridgehead atoms. The van der Waals surface area contributed by atoms with E-state index < -0.39 is 28.5 Å². The highest BCUT2D eigenvalue weighted by Gasteiger charge is 2.35. The zero-order valence-corrected chi connectivity index (χ0v) is 28.6. The number of aryl methyl sites for hydroxylation is 1. The number of nitrogens with one attached hydrogen (secondary N) is 1. The molecule has 0 aliphatic carbocycles. The van der Waals surface area contributed by atoms with Gasteiger partial charge < -0.3 is 10.2 Å². The number of benzene rings is 4. The first-order chi connectivity index (χ1) is 21.5. The molecule has 4 aromatic carbocycles. The Labute approximate surface area is 279 Å². The van der Waals surface area contributed by atoms with E-state index in [0.29, 0.717) is 17.1 Å². The summed E-state index contributed by atoms with van der Waals surface area (Å²) >= 11 is 9.52. The second kappa shape index (κ2) is 15.6. The summed E-state index contributed by atoms with van der Waals surface area (Å²) in [7, 11) is -4.20. The van der Waals surface area contributed by atoms with Gasteiger partial charge in [-0.2, -0.15) is 0 Å². The van der Waals surface area contributed by atoms with Crippen LogP contribution in [0.5, 0.6) is 0 Å². The lowest BCUT2D eigenvalue weighted by Gasteiger charge is -2.34. The summed E-state index contributed by atoms with van der Waals surface area (Å²) in [5.41, 5.74) is 2.84. The van der Waals surface area contributed by atoms with Crippen molar-refractivity contribution in [2.75, 3.05) is 10.8 Å². The Hall–Kier alpha value is -3.66. The van der Waals surface area contributed by atoms with E-state index in [4.69, 9.17) is 11.6 Å².